The van der Waals surface area contributed by atoms with Gasteiger partial charge in [-0.15, -0.1) is 0 Å². The van der Waals surface area contributed by atoms with Crippen molar-refractivity contribution in [3.8, 4) is 5.75 Å². The van der Waals surface area contributed by atoms with Crippen molar-refractivity contribution in [1.29, 1.82) is 0 Å². The predicted molar refractivity (Wildman–Crippen MR) is 92.0 cm³/mol. The Hall–Kier alpha value is -0.500. The second-order valence-corrected chi connectivity index (χ2v) is 6.20. The summed E-state index contributed by atoms with van der Waals surface area (Å²) >= 11 is 3.46. The maximum Gasteiger partial charge on any atom is 0.119 e. The average Bonchev–Trinajstić information content (AvgIpc) is 2.47. The van der Waals surface area contributed by atoms with Crippen molar-refractivity contribution in [2.75, 3.05) is 11.9 Å². The van der Waals surface area contributed by atoms with Gasteiger partial charge in [0.15, 0.2) is 0 Å². The van der Waals surface area contributed by atoms with Gasteiger partial charge >= 0.3 is 0 Å². The molecule has 0 fully saturated rings. The maximum absolute atomic E-state index is 5.77. The van der Waals surface area contributed by atoms with Gasteiger partial charge in [0.25, 0.3) is 0 Å². The van der Waals surface area contributed by atoms with Gasteiger partial charge in [0.05, 0.1) is 6.61 Å². The highest BCUT2D eigenvalue weighted by Gasteiger charge is 1.96. The Kier molecular flexibility index (Phi) is 10.8. The molecule has 114 valence electrons. The number of alkyl halides is 1. The van der Waals surface area contributed by atoms with Crippen LogP contribution in [0.2, 0.25) is 0 Å². The minimum absolute atomic E-state index is 0.854. The Balaban J connectivity index is 1.98. The molecule has 0 bridgehead atoms. The van der Waals surface area contributed by atoms with E-state index in [9.17, 15) is 0 Å². The molecule has 0 saturated heterocycles. The first-order chi connectivity index (χ1) is 9.86. The third-order valence-electron chi connectivity index (χ3n) is 3.57. The minimum atomic E-state index is 0.854. The van der Waals surface area contributed by atoms with Gasteiger partial charge in [-0.05, 0) is 30.5 Å². The number of halogens is 1. The fraction of sp³-hybridized carbons (Fsp3) is 0.667. The zero-order valence-corrected chi connectivity index (χ0v) is 14.5. The number of aryl methyl sites for hydroxylation is 1. The first-order valence-corrected chi connectivity index (χ1v) is 9.26. The smallest absolute Gasteiger partial charge is 0.119 e. The third kappa shape index (κ3) is 8.63. The molecule has 0 saturated carbocycles. The quantitative estimate of drug-likeness (QED) is 0.327. The Labute approximate surface area is 133 Å². The van der Waals surface area contributed by atoms with Gasteiger partial charge in [-0.25, -0.2) is 0 Å². The fourth-order valence-electron chi connectivity index (χ4n) is 2.29. The van der Waals surface area contributed by atoms with E-state index in [1.807, 2.05) is 0 Å². The Morgan fingerprint density at radius 1 is 0.850 bits per heavy atom. The highest BCUT2D eigenvalue weighted by Crippen LogP contribution is 2.14. The van der Waals surface area contributed by atoms with Crippen molar-refractivity contribution in [1.82, 2.24) is 0 Å². The lowest BCUT2D eigenvalue weighted by molar-refractivity contribution is 0.304. The highest BCUT2D eigenvalue weighted by atomic mass is 79.9. The molecular formula is C18H29BrO. The van der Waals surface area contributed by atoms with Crippen LogP contribution in [0.15, 0.2) is 24.3 Å². The van der Waals surface area contributed by atoms with Gasteiger partial charge in [-0.3, -0.25) is 0 Å². The molecule has 0 radical (unpaired) electrons. The Morgan fingerprint density at radius 2 is 1.45 bits per heavy atom. The summed E-state index contributed by atoms with van der Waals surface area (Å²) in [5.41, 5.74) is 1.36. The van der Waals surface area contributed by atoms with E-state index in [1.54, 1.807) is 0 Å². The van der Waals surface area contributed by atoms with Crippen LogP contribution in [0.3, 0.4) is 0 Å². The summed E-state index contributed by atoms with van der Waals surface area (Å²) < 4.78 is 5.77. The van der Waals surface area contributed by atoms with Crippen LogP contribution in [-0.2, 0) is 6.42 Å². The topological polar surface area (TPSA) is 9.23 Å². The van der Waals surface area contributed by atoms with E-state index >= 15 is 0 Å². The van der Waals surface area contributed by atoms with Gasteiger partial charge in [0, 0.05) is 5.33 Å². The van der Waals surface area contributed by atoms with Crippen LogP contribution >= 0.6 is 15.9 Å². The van der Waals surface area contributed by atoms with Crippen molar-refractivity contribution >= 4 is 15.9 Å². The summed E-state index contributed by atoms with van der Waals surface area (Å²) in [5.74, 6) is 1.01. The number of unbranched alkanes of at least 4 members (excludes halogenated alkanes) is 7. The molecule has 0 amide bonds. The summed E-state index contributed by atoms with van der Waals surface area (Å²) in [7, 11) is 0. The molecule has 1 nitrogen and oxygen atoms in total. The molecule has 2 heteroatoms. The van der Waals surface area contributed by atoms with Crippen LogP contribution in [0.5, 0.6) is 5.75 Å². The standard InChI is InChI=1S/C18H29BrO/c1-2-3-4-5-6-7-8-9-16-20-18-12-10-17(11-13-18)14-15-19/h10-13H,2-9,14-16H2,1H3. The normalized spacial score (nSPS) is 10.7. The molecule has 0 N–H and O–H groups in total. The van der Waals surface area contributed by atoms with Gasteiger partial charge in [-0.1, -0.05) is 79.9 Å². The van der Waals surface area contributed by atoms with Crippen LogP contribution < -0.4 is 4.74 Å². The molecular weight excluding hydrogens is 312 g/mol. The molecule has 1 aromatic rings. The number of benzene rings is 1. The average molecular weight is 341 g/mol. The molecule has 0 unspecified atom stereocenters. The van der Waals surface area contributed by atoms with E-state index in [2.05, 4.69) is 47.1 Å². The molecule has 0 aliphatic rings. The maximum atomic E-state index is 5.77. The van der Waals surface area contributed by atoms with Gasteiger partial charge < -0.3 is 4.74 Å². The Morgan fingerprint density at radius 3 is 2.05 bits per heavy atom. The number of hydrogen-bond acceptors (Lipinski definition) is 1. The lowest BCUT2D eigenvalue weighted by Crippen LogP contribution is -1.97. The summed E-state index contributed by atoms with van der Waals surface area (Å²) in [6.45, 7) is 3.12. The van der Waals surface area contributed by atoms with Gasteiger partial charge in [0.2, 0.25) is 0 Å². The summed E-state index contributed by atoms with van der Waals surface area (Å²) in [6, 6.07) is 8.49. The molecule has 0 heterocycles. The van der Waals surface area contributed by atoms with E-state index in [4.69, 9.17) is 4.74 Å². The van der Waals surface area contributed by atoms with Gasteiger partial charge in [-0.2, -0.15) is 0 Å². The molecule has 0 atom stereocenters. The van der Waals surface area contributed by atoms with Crippen LogP contribution in [0, 0.1) is 0 Å². The molecule has 0 spiro atoms. The monoisotopic (exact) mass is 340 g/mol. The number of hydrogen-bond donors (Lipinski definition) is 0. The van der Waals surface area contributed by atoms with Crippen molar-refractivity contribution in [3.05, 3.63) is 29.8 Å². The third-order valence-corrected chi connectivity index (χ3v) is 3.97. The lowest BCUT2D eigenvalue weighted by atomic mass is 10.1. The number of ether oxygens (including phenoxy) is 1. The minimum Gasteiger partial charge on any atom is -0.494 e. The molecule has 0 aliphatic carbocycles. The SMILES string of the molecule is CCCCCCCCCCOc1ccc(CCBr)cc1. The molecule has 1 rings (SSSR count). The first-order valence-electron chi connectivity index (χ1n) is 8.14. The van der Waals surface area contributed by atoms with E-state index in [0.717, 1.165) is 24.1 Å². The molecule has 0 aliphatic heterocycles. The van der Waals surface area contributed by atoms with Crippen LogP contribution in [0.1, 0.15) is 63.9 Å². The van der Waals surface area contributed by atoms with E-state index in [0.29, 0.717) is 0 Å². The second-order valence-electron chi connectivity index (χ2n) is 5.41. The summed E-state index contributed by atoms with van der Waals surface area (Å²) in [4.78, 5) is 0. The zero-order valence-electron chi connectivity index (χ0n) is 12.9. The zero-order chi connectivity index (χ0) is 14.5. The van der Waals surface area contributed by atoms with E-state index in [1.165, 1.54) is 56.9 Å². The van der Waals surface area contributed by atoms with Crippen molar-refractivity contribution in [3.63, 3.8) is 0 Å². The van der Waals surface area contributed by atoms with Crippen molar-refractivity contribution in [2.24, 2.45) is 0 Å². The first kappa shape index (κ1) is 17.6. The second kappa shape index (κ2) is 12.3. The van der Waals surface area contributed by atoms with Crippen LogP contribution in [0.4, 0.5) is 0 Å². The predicted octanol–water partition coefficient (Wildman–Crippen LogP) is 6.14. The van der Waals surface area contributed by atoms with Crippen LogP contribution in [-0.4, -0.2) is 11.9 Å². The summed E-state index contributed by atoms with van der Waals surface area (Å²) in [5, 5.41) is 1.02. The van der Waals surface area contributed by atoms with E-state index in [-0.39, 0.29) is 0 Å². The number of rotatable bonds is 12. The molecule has 1 aromatic carbocycles. The van der Waals surface area contributed by atoms with Crippen LogP contribution in [0.25, 0.3) is 0 Å². The fourth-order valence-corrected chi connectivity index (χ4v) is 2.75. The van der Waals surface area contributed by atoms with Crippen molar-refractivity contribution < 1.29 is 4.74 Å². The van der Waals surface area contributed by atoms with Crippen molar-refractivity contribution in [2.45, 2.75) is 64.7 Å². The molecule has 0 aromatic heterocycles. The van der Waals surface area contributed by atoms with E-state index < -0.39 is 0 Å². The van der Waals surface area contributed by atoms with Gasteiger partial charge in [0.1, 0.15) is 5.75 Å². The summed E-state index contributed by atoms with van der Waals surface area (Å²) in [6.07, 6.45) is 11.9. The highest BCUT2D eigenvalue weighted by molar-refractivity contribution is 9.09. The largest absolute Gasteiger partial charge is 0.494 e. The Bertz CT molecular complexity index is 321. The lowest BCUT2D eigenvalue weighted by Gasteiger charge is -2.07. The molecule has 20 heavy (non-hydrogen) atoms.